The van der Waals surface area contributed by atoms with E-state index in [0.717, 1.165) is 22.0 Å². The third kappa shape index (κ3) is 3.52. The number of aromatic nitrogens is 1. The first-order chi connectivity index (χ1) is 9.10. The van der Waals surface area contributed by atoms with Crippen molar-refractivity contribution in [2.45, 2.75) is 19.9 Å². The lowest BCUT2D eigenvalue weighted by atomic mass is 10.1. The Balaban J connectivity index is 2.20. The van der Waals surface area contributed by atoms with Crippen LogP contribution in [-0.4, -0.2) is 18.6 Å². The zero-order chi connectivity index (χ0) is 13.8. The first-order valence-corrected chi connectivity index (χ1v) is 7.08. The molecule has 0 atom stereocenters. The fourth-order valence-corrected chi connectivity index (χ4v) is 2.70. The van der Waals surface area contributed by atoms with Crippen LogP contribution in [0.3, 0.4) is 0 Å². The lowest BCUT2D eigenvalue weighted by molar-refractivity contribution is 0.625. The van der Waals surface area contributed by atoms with Gasteiger partial charge in [0.25, 0.3) is 0 Å². The highest BCUT2D eigenvalue weighted by atomic mass is 32.1. The first kappa shape index (κ1) is 14.0. The minimum atomic E-state index is -0.217. The summed E-state index contributed by atoms with van der Waals surface area (Å²) in [5.41, 5.74) is 8.57. The van der Waals surface area contributed by atoms with Crippen LogP contribution in [0, 0.1) is 12.7 Å². The second kappa shape index (κ2) is 6.12. The van der Waals surface area contributed by atoms with Gasteiger partial charge in [-0.1, -0.05) is 0 Å². The Morgan fingerprint density at radius 2 is 2.21 bits per heavy atom. The van der Waals surface area contributed by atoms with Crippen LogP contribution < -0.4 is 10.6 Å². The predicted molar refractivity (Wildman–Crippen MR) is 78.1 cm³/mol. The molecule has 2 N–H and O–H groups in total. The molecular formula is C14H18FN3S. The Bertz CT molecular complexity index is 553. The molecule has 0 saturated heterocycles. The van der Waals surface area contributed by atoms with E-state index in [9.17, 15) is 4.39 Å². The highest BCUT2D eigenvalue weighted by Gasteiger charge is 2.10. The van der Waals surface area contributed by atoms with Crippen molar-refractivity contribution in [3.63, 3.8) is 0 Å². The van der Waals surface area contributed by atoms with E-state index in [4.69, 9.17) is 5.73 Å². The molecule has 0 aliphatic rings. The summed E-state index contributed by atoms with van der Waals surface area (Å²) < 4.78 is 13.3. The van der Waals surface area contributed by atoms with Crippen LogP contribution in [0.5, 0.6) is 0 Å². The molecule has 1 heterocycles. The lowest BCUT2D eigenvalue weighted by Crippen LogP contribution is -2.19. The van der Waals surface area contributed by atoms with E-state index in [0.29, 0.717) is 19.5 Å². The number of benzene rings is 1. The monoisotopic (exact) mass is 279 g/mol. The fourth-order valence-electron chi connectivity index (χ4n) is 2.09. The van der Waals surface area contributed by atoms with Gasteiger partial charge in [-0.25, -0.2) is 9.37 Å². The van der Waals surface area contributed by atoms with Crippen LogP contribution in [0.4, 0.5) is 10.1 Å². The number of aryl methyl sites for hydroxylation is 1. The first-order valence-electron chi connectivity index (χ1n) is 6.21. The van der Waals surface area contributed by atoms with E-state index in [1.165, 1.54) is 6.07 Å². The zero-order valence-corrected chi connectivity index (χ0v) is 12.0. The quantitative estimate of drug-likeness (QED) is 0.915. The summed E-state index contributed by atoms with van der Waals surface area (Å²) >= 11 is 1.64. The molecule has 19 heavy (non-hydrogen) atoms. The van der Waals surface area contributed by atoms with Crippen molar-refractivity contribution >= 4 is 17.0 Å². The summed E-state index contributed by atoms with van der Waals surface area (Å²) in [5.74, 6) is -0.217. The van der Waals surface area contributed by atoms with Gasteiger partial charge in [-0.2, -0.15) is 0 Å². The van der Waals surface area contributed by atoms with Gasteiger partial charge in [0.1, 0.15) is 5.82 Å². The molecular weight excluding hydrogens is 261 g/mol. The maximum Gasteiger partial charge on any atom is 0.123 e. The van der Waals surface area contributed by atoms with E-state index >= 15 is 0 Å². The molecule has 0 aliphatic carbocycles. The molecule has 0 aliphatic heterocycles. The molecule has 1 aromatic heterocycles. The number of hydrogen-bond acceptors (Lipinski definition) is 4. The van der Waals surface area contributed by atoms with E-state index in [1.807, 2.05) is 14.0 Å². The molecule has 2 aromatic rings. The maximum atomic E-state index is 13.3. The summed E-state index contributed by atoms with van der Waals surface area (Å²) in [6.07, 6.45) is 0.674. The standard InChI is InChI=1S/C14H18FN3S/c1-10-17-13(9-19-10)8-18(2)14-4-3-12(15)7-11(14)5-6-16/h3-4,7,9H,5-6,8,16H2,1-2H3. The number of halogens is 1. The van der Waals surface area contributed by atoms with Gasteiger partial charge in [0.05, 0.1) is 17.2 Å². The van der Waals surface area contributed by atoms with Crippen molar-refractivity contribution in [3.05, 3.63) is 45.7 Å². The van der Waals surface area contributed by atoms with Gasteiger partial charge >= 0.3 is 0 Å². The molecule has 0 unspecified atom stereocenters. The van der Waals surface area contributed by atoms with E-state index in [1.54, 1.807) is 23.5 Å². The molecule has 0 fully saturated rings. The number of thiazole rings is 1. The SMILES string of the molecule is Cc1nc(CN(C)c2ccc(F)cc2CCN)cs1. The summed E-state index contributed by atoms with van der Waals surface area (Å²) in [6.45, 7) is 3.22. The summed E-state index contributed by atoms with van der Waals surface area (Å²) in [7, 11) is 1.99. The van der Waals surface area contributed by atoms with Gasteiger partial charge in [0, 0.05) is 18.1 Å². The number of nitrogens with two attached hydrogens (primary N) is 1. The Hall–Kier alpha value is -1.46. The van der Waals surface area contributed by atoms with Crippen molar-refractivity contribution < 1.29 is 4.39 Å². The Labute approximate surface area is 116 Å². The van der Waals surface area contributed by atoms with E-state index < -0.39 is 0 Å². The Kier molecular flexibility index (Phi) is 4.50. The largest absolute Gasteiger partial charge is 0.368 e. The lowest BCUT2D eigenvalue weighted by Gasteiger charge is -2.21. The molecule has 0 radical (unpaired) electrons. The van der Waals surface area contributed by atoms with Crippen LogP contribution in [0.2, 0.25) is 0 Å². The second-order valence-corrected chi connectivity index (χ2v) is 5.59. The topological polar surface area (TPSA) is 42.2 Å². The molecule has 1 aromatic carbocycles. The number of nitrogens with zero attached hydrogens (tertiary/aromatic N) is 2. The highest BCUT2D eigenvalue weighted by molar-refractivity contribution is 7.09. The van der Waals surface area contributed by atoms with Gasteiger partial charge in [-0.3, -0.25) is 0 Å². The van der Waals surface area contributed by atoms with Gasteiger partial charge < -0.3 is 10.6 Å². The third-order valence-electron chi connectivity index (χ3n) is 2.93. The van der Waals surface area contributed by atoms with E-state index in [-0.39, 0.29) is 5.82 Å². The molecule has 102 valence electrons. The van der Waals surface area contributed by atoms with Crippen molar-refractivity contribution in [3.8, 4) is 0 Å². The van der Waals surface area contributed by atoms with Crippen LogP contribution in [0.15, 0.2) is 23.6 Å². The summed E-state index contributed by atoms with van der Waals surface area (Å²) in [4.78, 5) is 6.53. The van der Waals surface area contributed by atoms with Gasteiger partial charge in [-0.15, -0.1) is 11.3 Å². The highest BCUT2D eigenvalue weighted by Crippen LogP contribution is 2.23. The van der Waals surface area contributed by atoms with Crippen LogP contribution in [-0.2, 0) is 13.0 Å². The second-order valence-electron chi connectivity index (χ2n) is 4.53. The van der Waals surface area contributed by atoms with Crippen molar-refractivity contribution in [2.75, 3.05) is 18.5 Å². The summed E-state index contributed by atoms with van der Waals surface area (Å²) in [5, 5.41) is 3.11. The number of anilines is 1. The average molecular weight is 279 g/mol. The van der Waals surface area contributed by atoms with Crippen LogP contribution >= 0.6 is 11.3 Å². The summed E-state index contributed by atoms with van der Waals surface area (Å²) in [6, 6.07) is 4.85. The molecule has 5 heteroatoms. The van der Waals surface area contributed by atoms with Crippen molar-refractivity contribution in [2.24, 2.45) is 5.73 Å². The molecule has 0 spiro atoms. The molecule has 0 bridgehead atoms. The molecule has 2 rings (SSSR count). The minimum absolute atomic E-state index is 0.217. The molecule has 0 amide bonds. The fraction of sp³-hybridized carbons (Fsp3) is 0.357. The van der Waals surface area contributed by atoms with Crippen molar-refractivity contribution in [1.29, 1.82) is 0 Å². The van der Waals surface area contributed by atoms with E-state index in [2.05, 4.69) is 15.3 Å². The predicted octanol–water partition coefficient (Wildman–Crippen LogP) is 2.73. The minimum Gasteiger partial charge on any atom is -0.368 e. The third-order valence-corrected chi connectivity index (χ3v) is 3.75. The normalized spacial score (nSPS) is 10.7. The number of rotatable bonds is 5. The smallest absolute Gasteiger partial charge is 0.123 e. The maximum absolute atomic E-state index is 13.3. The van der Waals surface area contributed by atoms with Gasteiger partial charge in [0.15, 0.2) is 0 Å². The Morgan fingerprint density at radius 3 is 2.84 bits per heavy atom. The van der Waals surface area contributed by atoms with Crippen molar-refractivity contribution in [1.82, 2.24) is 4.98 Å². The van der Waals surface area contributed by atoms with Gasteiger partial charge in [-0.05, 0) is 43.7 Å². The number of hydrogen-bond donors (Lipinski definition) is 1. The van der Waals surface area contributed by atoms with Crippen LogP contribution in [0.25, 0.3) is 0 Å². The average Bonchev–Trinajstić information content (AvgIpc) is 2.75. The van der Waals surface area contributed by atoms with Crippen LogP contribution in [0.1, 0.15) is 16.3 Å². The Morgan fingerprint density at radius 1 is 1.42 bits per heavy atom. The molecule has 3 nitrogen and oxygen atoms in total. The molecule has 0 saturated carbocycles. The zero-order valence-electron chi connectivity index (χ0n) is 11.2. The van der Waals surface area contributed by atoms with Gasteiger partial charge in [0.2, 0.25) is 0 Å².